The van der Waals surface area contributed by atoms with Crippen molar-refractivity contribution in [1.29, 1.82) is 0 Å². The summed E-state index contributed by atoms with van der Waals surface area (Å²) in [5.41, 5.74) is 5.01. The number of fused-ring (bicyclic) bond motifs is 1. The van der Waals surface area contributed by atoms with Gasteiger partial charge in [0, 0.05) is 46.3 Å². The molecule has 5 rings (SSSR count). The highest BCUT2D eigenvalue weighted by Gasteiger charge is 2.49. The van der Waals surface area contributed by atoms with Crippen LogP contribution in [0, 0.1) is 13.8 Å². The van der Waals surface area contributed by atoms with Crippen molar-refractivity contribution in [2.75, 3.05) is 33.2 Å². The summed E-state index contributed by atoms with van der Waals surface area (Å²) in [7, 11) is 1.71. The lowest BCUT2D eigenvalue weighted by Gasteiger charge is -2.40. The summed E-state index contributed by atoms with van der Waals surface area (Å²) in [4.78, 5) is 38.5. The molecule has 3 amide bonds. The van der Waals surface area contributed by atoms with Crippen LogP contribution in [-0.4, -0.2) is 82.9 Å². The largest absolute Gasteiger partial charge is 0.340 e. The van der Waals surface area contributed by atoms with Gasteiger partial charge in [-0.2, -0.15) is 0 Å². The number of urea groups is 1. The van der Waals surface area contributed by atoms with E-state index < -0.39 is 18.2 Å². The second-order valence-corrected chi connectivity index (χ2v) is 9.44. The van der Waals surface area contributed by atoms with Crippen LogP contribution < -0.4 is 5.32 Å². The Kier molecular flexibility index (Phi) is 6.00. The SMILES string of the molecule is Cc1ccccc1CN1CCN(C2=NC3C(C(=O)NC(=O)N3C)N2Cc2ccccc2C)CC1. The molecule has 2 aromatic carbocycles. The normalized spacial score (nSPS) is 23.1. The van der Waals surface area contributed by atoms with Crippen LogP contribution in [0.1, 0.15) is 22.3 Å². The van der Waals surface area contributed by atoms with Gasteiger partial charge in [-0.25, -0.2) is 9.79 Å². The molecule has 3 heterocycles. The standard InChI is InChI=1S/C26H32N6O2/c1-18-8-4-6-10-20(18)16-30-12-14-31(15-13-30)25-27-23-22(24(33)28-26(34)29(23)3)32(25)17-21-11-7-5-9-19(21)2/h4-11,22-23H,12-17H2,1-3H3,(H,28,33,34). The van der Waals surface area contributed by atoms with Crippen LogP contribution in [0.15, 0.2) is 53.5 Å². The highest BCUT2D eigenvalue weighted by Crippen LogP contribution is 2.28. The van der Waals surface area contributed by atoms with Crippen molar-refractivity contribution < 1.29 is 9.59 Å². The summed E-state index contributed by atoms with van der Waals surface area (Å²) in [5, 5.41) is 2.50. The molecule has 3 aliphatic heterocycles. The zero-order valence-electron chi connectivity index (χ0n) is 20.1. The van der Waals surface area contributed by atoms with Gasteiger partial charge in [0.1, 0.15) is 0 Å². The molecule has 178 valence electrons. The maximum Gasteiger partial charge on any atom is 0.325 e. The summed E-state index contributed by atoms with van der Waals surface area (Å²) in [6.07, 6.45) is -0.509. The van der Waals surface area contributed by atoms with Crippen molar-refractivity contribution in [2.24, 2.45) is 4.99 Å². The minimum Gasteiger partial charge on any atom is -0.340 e. The van der Waals surface area contributed by atoms with Gasteiger partial charge in [-0.3, -0.25) is 15.0 Å². The predicted molar refractivity (Wildman–Crippen MR) is 131 cm³/mol. The molecule has 8 heteroatoms. The molecule has 2 unspecified atom stereocenters. The molecule has 0 aliphatic carbocycles. The fraction of sp³-hybridized carbons (Fsp3) is 0.423. The lowest BCUT2D eigenvalue weighted by atomic mass is 10.1. The van der Waals surface area contributed by atoms with E-state index >= 15 is 0 Å². The number of nitrogens with one attached hydrogen (secondary N) is 1. The number of amides is 3. The zero-order chi connectivity index (χ0) is 23.8. The smallest absolute Gasteiger partial charge is 0.325 e. The quantitative estimate of drug-likeness (QED) is 0.757. The van der Waals surface area contributed by atoms with E-state index in [0.717, 1.165) is 44.2 Å². The zero-order valence-corrected chi connectivity index (χ0v) is 20.1. The van der Waals surface area contributed by atoms with E-state index in [1.165, 1.54) is 16.7 Å². The van der Waals surface area contributed by atoms with Crippen LogP contribution in [0.2, 0.25) is 0 Å². The molecule has 2 saturated heterocycles. The van der Waals surface area contributed by atoms with Gasteiger partial charge in [-0.05, 0) is 36.1 Å². The molecule has 0 saturated carbocycles. The third-order valence-corrected chi connectivity index (χ3v) is 7.25. The van der Waals surface area contributed by atoms with Gasteiger partial charge in [0.2, 0.25) is 0 Å². The number of rotatable bonds is 4. The number of hydrogen-bond donors (Lipinski definition) is 1. The van der Waals surface area contributed by atoms with E-state index in [2.05, 4.69) is 70.3 Å². The number of carbonyl (C=O) groups excluding carboxylic acids is 2. The Morgan fingerprint density at radius 3 is 2.09 bits per heavy atom. The van der Waals surface area contributed by atoms with Crippen molar-refractivity contribution in [3.8, 4) is 0 Å². The molecule has 3 aliphatic rings. The third-order valence-electron chi connectivity index (χ3n) is 7.25. The van der Waals surface area contributed by atoms with Crippen LogP contribution in [0.25, 0.3) is 0 Å². The maximum absolute atomic E-state index is 12.9. The second-order valence-electron chi connectivity index (χ2n) is 9.44. The van der Waals surface area contributed by atoms with Gasteiger partial charge < -0.3 is 14.7 Å². The van der Waals surface area contributed by atoms with Crippen LogP contribution in [0.5, 0.6) is 0 Å². The Morgan fingerprint density at radius 2 is 1.47 bits per heavy atom. The topological polar surface area (TPSA) is 71.5 Å². The number of imide groups is 1. The van der Waals surface area contributed by atoms with E-state index in [9.17, 15) is 9.59 Å². The molecule has 0 bridgehead atoms. The van der Waals surface area contributed by atoms with E-state index in [4.69, 9.17) is 4.99 Å². The average Bonchev–Trinajstić information content (AvgIpc) is 3.21. The molecule has 8 nitrogen and oxygen atoms in total. The Bertz CT molecular complexity index is 1120. The van der Waals surface area contributed by atoms with E-state index in [0.29, 0.717) is 6.54 Å². The Morgan fingerprint density at radius 1 is 0.882 bits per heavy atom. The number of benzene rings is 2. The number of guanidine groups is 1. The molecule has 2 atom stereocenters. The monoisotopic (exact) mass is 460 g/mol. The Balaban J connectivity index is 1.36. The van der Waals surface area contributed by atoms with E-state index in [1.54, 1.807) is 11.9 Å². The first kappa shape index (κ1) is 22.4. The third kappa shape index (κ3) is 4.14. The first-order chi connectivity index (χ1) is 16.4. The predicted octanol–water partition coefficient (Wildman–Crippen LogP) is 2.17. The summed E-state index contributed by atoms with van der Waals surface area (Å²) < 4.78 is 0. The molecule has 34 heavy (non-hydrogen) atoms. The second kappa shape index (κ2) is 9.10. The number of nitrogens with zero attached hydrogens (tertiary/aromatic N) is 5. The maximum atomic E-state index is 12.9. The van der Waals surface area contributed by atoms with Gasteiger partial charge in [0.05, 0.1) is 0 Å². The van der Waals surface area contributed by atoms with Crippen LogP contribution in [-0.2, 0) is 17.9 Å². The van der Waals surface area contributed by atoms with Gasteiger partial charge in [0.25, 0.3) is 5.91 Å². The molecule has 2 fully saturated rings. The molecule has 2 aromatic rings. The molecular formula is C26H32N6O2. The van der Waals surface area contributed by atoms with E-state index in [1.807, 2.05) is 12.1 Å². The first-order valence-corrected chi connectivity index (χ1v) is 11.9. The fourth-order valence-electron chi connectivity index (χ4n) is 5.05. The van der Waals surface area contributed by atoms with Crippen LogP contribution in [0.4, 0.5) is 4.79 Å². The van der Waals surface area contributed by atoms with Crippen LogP contribution >= 0.6 is 0 Å². The Hall–Kier alpha value is -3.39. The van der Waals surface area contributed by atoms with E-state index in [-0.39, 0.29) is 5.91 Å². The summed E-state index contributed by atoms with van der Waals surface area (Å²) in [6.45, 7) is 9.25. The summed E-state index contributed by atoms with van der Waals surface area (Å²) >= 11 is 0. The summed E-state index contributed by atoms with van der Waals surface area (Å²) in [5.74, 6) is 0.532. The highest BCUT2D eigenvalue weighted by atomic mass is 16.2. The molecule has 0 radical (unpaired) electrons. The first-order valence-electron chi connectivity index (χ1n) is 11.9. The molecule has 0 spiro atoms. The van der Waals surface area contributed by atoms with Crippen molar-refractivity contribution in [1.82, 2.24) is 24.9 Å². The molecule has 1 N–H and O–H groups in total. The molecule has 0 aromatic heterocycles. The Labute approximate surface area is 200 Å². The lowest BCUT2D eigenvalue weighted by Crippen LogP contribution is -2.64. The number of aryl methyl sites for hydroxylation is 2. The van der Waals surface area contributed by atoms with Crippen LogP contribution in [0.3, 0.4) is 0 Å². The summed E-state index contributed by atoms with van der Waals surface area (Å²) in [6, 6.07) is 15.8. The minimum absolute atomic E-state index is 0.279. The number of likely N-dealkylation sites (N-methyl/N-ethyl adjacent to an activating group) is 1. The molecular weight excluding hydrogens is 428 g/mol. The fourth-order valence-corrected chi connectivity index (χ4v) is 5.05. The van der Waals surface area contributed by atoms with Gasteiger partial charge in [-0.1, -0.05) is 48.5 Å². The van der Waals surface area contributed by atoms with Crippen molar-refractivity contribution in [3.63, 3.8) is 0 Å². The van der Waals surface area contributed by atoms with Crippen molar-refractivity contribution in [3.05, 3.63) is 70.8 Å². The minimum atomic E-state index is -0.526. The van der Waals surface area contributed by atoms with Gasteiger partial charge >= 0.3 is 6.03 Å². The van der Waals surface area contributed by atoms with Crippen molar-refractivity contribution in [2.45, 2.75) is 39.1 Å². The highest BCUT2D eigenvalue weighted by molar-refractivity contribution is 6.03. The number of aliphatic imine (C=N–C) groups is 1. The van der Waals surface area contributed by atoms with Gasteiger partial charge in [-0.15, -0.1) is 0 Å². The average molecular weight is 461 g/mol. The number of carbonyl (C=O) groups is 2. The van der Waals surface area contributed by atoms with Gasteiger partial charge in [0.15, 0.2) is 18.2 Å². The number of hydrogen-bond acceptors (Lipinski definition) is 6. The lowest BCUT2D eigenvalue weighted by molar-refractivity contribution is -0.127. The van der Waals surface area contributed by atoms with Crippen molar-refractivity contribution >= 4 is 17.9 Å². The number of piperazine rings is 1.